The van der Waals surface area contributed by atoms with Crippen LogP contribution in [-0.2, 0) is 18.3 Å². The Bertz CT molecular complexity index is 888. The maximum absolute atomic E-state index is 12.3. The quantitative estimate of drug-likeness (QED) is 0.720. The van der Waals surface area contributed by atoms with Crippen LogP contribution in [0.4, 0.5) is 5.69 Å². The summed E-state index contributed by atoms with van der Waals surface area (Å²) in [7, 11) is 1.77. The molecule has 0 spiro atoms. The summed E-state index contributed by atoms with van der Waals surface area (Å²) in [6, 6.07) is 7.89. The monoisotopic (exact) mass is 418 g/mol. The third-order valence-corrected chi connectivity index (χ3v) is 5.57. The average molecular weight is 419 g/mol. The predicted octanol–water partition coefficient (Wildman–Crippen LogP) is 2.17. The second-order valence-corrected chi connectivity index (χ2v) is 7.82. The Kier molecular flexibility index (Phi) is 6.82. The Balaban J connectivity index is 1.43. The van der Waals surface area contributed by atoms with Gasteiger partial charge in [0.1, 0.15) is 0 Å². The molecule has 2 aromatic rings. The van der Waals surface area contributed by atoms with Crippen molar-refractivity contribution in [3.05, 3.63) is 52.3 Å². The lowest BCUT2D eigenvalue weighted by atomic mass is 10.1. The summed E-state index contributed by atoms with van der Waals surface area (Å²) in [5.74, 6) is -1.16. The molecule has 0 aliphatic carbocycles. The number of carbonyl (C=O) groups is 2. The van der Waals surface area contributed by atoms with Gasteiger partial charge in [-0.2, -0.15) is 0 Å². The number of nitrogens with one attached hydrogen (secondary N) is 1. The number of aryl methyl sites for hydroxylation is 2. The maximum atomic E-state index is 12.3. The molecule has 8 heteroatoms. The van der Waals surface area contributed by atoms with Crippen LogP contribution in [0, 0.1) is 6.92 Å². The Labute approximate surface area is 175 Å². The molecule has 7 nitrogen and oxygen atoms in total. The van der Waals surface area contributed by atoms with Crippen molar-refractivity contribution in [3.63, 3.8) is 0 Å². The van der Waals surface area contributed by atoms with E-state index >= 15 is 0 Å². The molecule has 1 fully saturated rings. The van der Waals surface area contributed by atoms with Gasteiger partial charge in [-0.1, -0.05) is 17.7 Å². The van der Waals surface area contributed by atoms with Gasteiger partial charge in [-0.05, 0) is 30.7 Å². The Morgan fingerprint density at radius 1 is 1.21 bits per heavy atom. The van der Waals surface area contributed by atoms with Gasteiger partial charge >= 0.3 is 5.97 Å². The van der Waals surface area contributed by atoms with Gasteiger partial charge in [-0.15, -0.1) is 0 Å². The minimum Gasteiger partial charge on any atom is -0.478 e. The number of anilines is 1. The van der Waals surface area contributed by atoms with Crippen LogP contribution in [0.15, 0.2) is 30.5 Å². The van der Waals surface area contributed by atoms with E-state index in [1.54, 1.807) is 24.7 Å². The van der Waals surface area contributed by atoms with Crippen LogP contribution in [0.2, 0.25) is 5.02 Å². The molecule has 29 heavy (non-hydrogen) atoms. The fourth-order valence-electron chi connectivity index (χ4n) is 3.81. The fourth-order valence-corrected chi connectivity index (χ4v) is 4.00. The van der Waals surface area contributed by atoms with Crippen LogP contribution < -0.4 is 10.2 Å². The number of nitrogens with zero attached hydrogens (tertiary/aromatic N) is 3. The van der Waals surface area contributed by atoms with Crippen LogP contribution in [0.25, 0.3) is 0 Å². The number of aromatic carboxylic acids is 1. The molecule has 2 N–H and O–H groups in total. The van der Waals surface area contributed by atoms with Crippen molar-refractivity contribution < 1.29 is 14.7 Å². The molecule has 0 bridgehead atoms. The molecular formula is C21H27ClN4O3. The highest BCUT2D eigenvalue weighted by Gasteiger charge is 2.20. The summed E-state index contributed by atoms with van der Waals surface area (Å²) in [5.41, 5.74) is 2.56. The number of carboxylic acid groups (broad SMARTS) is 1. The van der Waals surface area contributed by atoms with Crippen molar-refractivity contribution in [2.24, 2.45) is 7.05 Å². The molecule has 1 aliphatic rings. The SMILES string of the molecule is Cc1cn(C)c(CC(=O)NCCN2CCN(c3cccc(Cl)c3)CC2)c1C(=O)O. The molecule has 1 aliphatic heterocycles. The summed E-state index contributed by atoms with van der Waals surface area (Å²) in [5, 5.41) is 13.0. The van der Waals surface area contributed by atoms with E-state index in [1.807, 2.05) is 18.2 Å². The zero-order chi connectivity index (χ0) is 21.0. The number of aromatic nitrogens is 1. The van der Waals surface area contributed by atoms with Gasteiger partial charge in [0, 0.05) is 68.9 Å². The highest BCUT2D eigenvalue weighted by molar-refractivity contribution is 6.30. The number of hydrogen-bond acceptors (Lipinski definition) is 4. The summed E-state index contributed by atoms with van der Waals surface area (Å²) in [6.07, 6.45) is 1.81. The lowest BCUT2D eigenvalue weighted by Crippen LogP contribution is -2.48. The van der Waals surface area contributed by atoms with Crippen LogP contribution >= 0.6 is 11.6 Å². The first-order chi connectivity index (χ1) is 13.8. The summed E-state index contributed by atoms with van der Waals surface area (Å²) in [6.45, 7) is 6.73. The number of benzene rings is 1. The molecule has 2 heterocycles. The van der Waals surface area contributed by atoms with Gasteiger partial charge in [0.05, 0.1) is 12.0 Å². The minimum absolute atomic E-state index is 0.0640. The van der Waals surface area contributed by atoms with Gasteiger partial charge in [0.2, 0.25) is 5.91 Å². The van der Waals surface area contributed by atoms with Crippen LogP contribution in [-0.4, -0.2) is 65.7 Å². The number of amides is 1. The normalized spacial score (nSPS) is 14.8. The second kappa shape index (κ2) is 9.33. The van der Waals surface area contributed by atoms with Crippen molar-refractivity contribution in [1.29, 1.82) is 0 Å². The molecule has 1 saturated heterocycles. The third kappa shape index (κ3) is 5.31. The summed E-state index contributed by atoms with van der Waals surface area (Å²) in [4.78, 5) is 28.4. The smallest absolute Gasteiger partial charge is 0.337 e. The van der Waals surface area contributed by atoms with Gasteiger partial charge in [-0.3, -0.25) is 9.69 Å². The summed E-state index contributed by atoms with van der Waals surface area (Å²) < 4.78 is 1.72. The molecule has 0 atom stereocenters. The van der Waals surface area contributed by atoms with Gasteiger partial charge < -0.3 is 19.9 Å². The molecule has 156 valence electrons. The Morgan fingerprint density at radius 3 is 2.59 bits per heavy atom. The number of carbonyl (C=O) groups excluding carboxylic acids is 1. The van der Waals surface area contributed by atoms with Gasteiger partial charge in [0.25, 0.3) is 0 Å². The zero-order valence-corrected chi connectivity index (χ0v) is 17.6. The standard InChI is InChI=1S/C21H27ClN4O3/c1-15-14-24(2)18(20(15)21(28)29)13-19(27)23-6-7-25-8-10-26(11-9-25)17-5-3-4-16(22)12-17/h3-5,12,14H,6-11,13H2,1-2H3,(H,23,27)(H,28,29). The second-order valence-electron chi connectivity index (χ2n) is 7.39. The van der Waals surface area contributed by atoms with E-state index < -0.39 is 5.97 Å². The predicted molar refractivity (Wildman–Crippen MR) is 114 cm³/mol. The largest absolute Gasteiger partial charge is 0.478 e. The first-order valence-electron chi connectivity index (χ1n) is 9.73. The van der Waals surface area contributed by atoms with Crippen molar-refractivity contribution in [2.75, 3.05) is 44.2 Å². The van der Waals surface area contributed by atoms with E-state index in [0.29, 0.717) is 17.8 Å². The third-order valence-electron chi connectivity index (χ3n) is 5.33. The van der Waals surface area contributed by atoms with Gasteiger partial charge in [-0.25, -0.2) is 4.79 Å². The minimum atomic E-state index is -0.997. The number of piperazine rings is 1. The molecular weight excluding hydrogens is 392 g/mol. The van der Waals surface area contributed by atoms with Crippen molar-refractivity contribution >= 4 is 29.2 Å². The first-order valence-corrected chi connectivity index (χ1v) is 10.1. The van der Waals surface area contributed by atoms with E-state index in [0.717, 1.165) is 43.4 Å². The topological polar surface area (TPSA) is 77.8 Å². The average Bonchev–Trinajstić information content (AvgIpc) is 2.95. The molecule has 3 rings (SSSR count). The van der Waals surface area contributed by atoms with Crippen molar-refractivity contribution in [2.45, 2.75) is 13.3 Å². The van der Waals surface area contributed by atoms with Crippen LogP contribution in [0.3, 0.4) is 0 Å². The first kappa shape index (κ1) is 21.2. The highest BCUT2D eigenvalue weighted by atomic mass is 35.5. The lowest BCUT2D eigenvalue weighted by Gasteiger charge is -2.36. The van der Waals surface area contributed by atoms with E-state index in [1.165, 1.54) is 0 Å². The molecule has 1 aromatic carbocycles. The lowest BCUT2D eigenvalue weighted by molar-refractivity contribution is -0.120. The zero-order valence-electron chi connectivity index (χ0n) is 16.8. The fraction of sp³-hybridized carbons (Fsp3) is 0.429. The molecule has 0 saturated carbocycles. The molecule has 1 aromatic heterocycles. The van der Waals surface area contributed by atoms with E-state index in [2.05, 4.69) is 21.2 Å². The van der Waals surface area contributed by atoms with E-state index in [4.69, 9.17) is 11.6 Å². The Hall–Kier alpha value is -2.51. The molecule has 0 unspecified atom stereocenters. The van der Waals surface area contributed by atoms with Crippen LogP contribution in [0.5, 0.6) is 0 Å². The number of halogens is 1. The number of hydrogen-bond donors (Lipinski definition) is 2. The van der Waals surface area contributed by atoms with Crippen LogP contribution in [0.1, 0.15) is 21.6 Å². The number of carboxylic acids is 1. The van der Waals surface area contributed by atoms with E-state index in [-0.39, 0.29) is 17.9 Å². The molecule has 1 amide bonds. The molecule has 0 radical (unpaired) electrons. The van der Waals surface area contributed by atoms with Crippen molar-refractivity contribution in [3.8, 4) is 0 Å². The Morgan fingerprint density at radius 2 is 1.93 bits per heavy atom. The maximum Gasteiger partial charge on any atom is 0.337 e. The number of rotatable bonds is 7. The van der Waals surface area contributed by atoms with Gasteiger partial charge in [0.15, 0.2) is 0 Å². The van der Waals surface area contributed by atoms with Crippen molar-refractivity contribution in [1.82, 2.24) is 14.8 Å². The highest BCUT2D eigenvalue weighted by Crippen LogP contribution is 2.20. The summed E-state index contributed by atoms with van der Waals surface area (Å²) >= 11 is 6.08. The van der Waals surface area contributed by atoms with E-state index in [9.17, 15) is 14.7 Å².